The van der Waals surface area contributed by atoms with Gasteiger partial charge in [-0.25, -0.2) is 0 Å². The van der Waals surface area contributed by atoms with Gasteiger partial charge in [-0.2, -0.15) is 0 Å². The van der Waals surface area contributed by atoms with Crippen LogP contribution in [0.15, 0.2) is 93.1 Å². The van der Waals surface area contributed by atoms with Crippen molar-refractivity contribution >= 4 is 23.5 Å². The van der Waals surface area contributed by atoms with Crippen LogP contribution in [0.5, 0.6) is 0 Å². The van der Waals surface area contributed by atoms with Crippen LogP contribution in [0.1, 0.15) is 124 Å². The number of hydrogen-bond donors (Lipinski definition) is 0. The molecule has 65 heavy (non-hydrogen) atoms. The van der Waals surface area contributed by atoms with E-state index in [1.54, 1.807) is 11.8 Å². The molecule has 0 radical (unpaired) electrons. The van der Waals surface area contributed by atoms with Crippen LogP contribution in [0.25, 0.3) is 0 Å². The lowest BCUT2D eigenvalue weighted by atomic mass is 9.72. The molecule has 6 aliphatic heterocycles. The zero-order valence-corrected chi connectivity index (χ0v) is 42.1. The first-order valence-corrected chi connectivity index (χ1v) is 25.3. The summed E-state index contributed by atoms with van der Waals surface area (Å²) >= 11 is 3.28. The van der Waals surface area contributed by atoms with Crippen LogP contribution in [-0.2, 0) is 42.6 Å². The Labute approximate surface area is 399 Å². The topological polar surface area (TPSA) is 83.1 Å². The lowest BCUT2D eigenvalue weighted by molar-refractivity contribution is -0.178. The second-order valence-corrected chi connectivity index (χ2v) is 22.0. The van der Waals surface area contributed by atoms with Crippen LogP contribution in [0.4, 0.5) is 0 Å². The van der Waals surface area contributed by atoms with Crippen LogP contribution >= 0.6 is 23.5 Å². The maximum absolute atomic E-state index is 6.30. The molecule has 2 saturated carbocycles. The molecule has 8 fully saturated rings. The smallest absolute Gasteiger partial charge is 0.163 e. The number of rotatable bonds is 6. The molecule has 2 aromatic carbocycles. The molecule has 0 N–H and O–H groups in total. The summed E-state index contributed by atoms with van der Waals surface area (Å²) in [6, 6.07) is 20.6. The molecule has 2 aromatic rings. The Hall–Kier alpha value is -2.18. The summed E-state index contributed by atoms with van der Waals surface area (Å²) in [6.45, 7) is 29.4. The molecule has 358 valence electrons. The Kier molecular flexibility index (Phi) is 14.8. The summed E-state index contributed by atoms with van der Waals surface area (Å²) in [7, 11) is 0. The van der Waals surface area contributed by atoms with E-state index in [9.17, 15) is 0 Å². The highest BCUT2D eigenvalue weighted by molar-refractivity contribution is 8.04. The maximum atomic E-state index is 6.30. The monoisotopic (exact) mass is 932 g/mol. The van der Waals surface area contributed by atoms with Crippen LogP contribution in [-0.4, -0.2) is 90.6 Å². The Balaban J connectivity index is 0.000000146. The van der Waals surface area contributed by atoms with Gasteiger partial charge >= 0.3 is 0 Å². The zero-order valence-electron chi connectivity index (χ0n) is 40.5. The molecule has 2 aliphatic carbocycles. The van der Waals surface area contributed by atoms with E-state index >= 15 is 0 Å². The van der Waals surface area contributed by atoms with Gasteiger partial charge in [0.05, 0.1) is 24.4 Å². The van der Waals surface area contributed by atoms with Gasteiger partial charge in [-0.3, -0.25) is 0 Å². The second kappa shape index (κ2) is 19.0. The average molecular weight is 933 g/mol. The zero-order chi connectivity index (χ0) is 46.0. The molecule has 10 rings (SSSR count). The van der Waals surface area contributed by atoms with Crippen LogP contribution in [0, 0.1) is 27.4 Å². The minimum atomic E-state index is -0.592. The predicted molar refractivity (Wildman–Crippen MR) is 259 cm³/mol. The molecule has 0 aromatic heterocycles. The van der Waals surface area contributed by atoms with Crippen molar-refractivity contribution in [3.05, 3.63) is 83.3 Å². The van der Waals surface area contributed by atoms with E-state index in [0.717, 1.165) is 24.2 Å². The first-order valence-electron chi connectivity index (χ1n) is 23.6. The molecule has 2 unspecified atom stereocenters. The van der Waals surface area contributed by atoms with E-state index in [1.165, 1.54) is 27.8 Å². The largest absolute Gasteiger partial charge is 0.367 e. The summed E-state index contributed by atoms with van der Waals surface area (Å²) in [5, 5.41) is 5.47. The van der Waals surface area contributed by atoms with E-state index in [1.807, 2.05) is 65.8 Å². The van der Waals surface area contributed by atoms with E-state index in [2.05, 4.69) is 114 Å². The van der Waals surface area contributed by atoms with Gasteiger partial charge in [0, 0.05) is 26.0 Å². The van der Waals surface area contributed by atoms with Crippen molar-refractivity contribution in [1.29, 1.82) is 0 Å². The molecular weight excluding hydrogens is 857 g/mol. The minimum absolute atomic E-state index is 0. The highest BCUT2D eigenvalue weighted by Gasteiger charge is 2.72. The van der Waals surface area contributed by atoms with Gasteiger partial charge in [-0.1, -0.05) is 95.3 Å². The second-order valence-electron chi connectivity index (χ2n) is 20.2. The molecular formula is C54H76O9S2. The van der Waals surface area contributed by atoms with Crippen molar-refractivity contribution in [2.45, 2.75) is 224 Å². The number of benzene rings is 2. The molecule has 15 atom stereocenters. The van der Waals surface area contributed by atoms with Crippen LogP contribution in [0.2, 0.25) is 0 Å². The van der Waals surface area contributed by atoms with Gasteiger partial charge in [0.25, 0.3) is 0 Å². The third-order valence-electron chi connectivity index (χ3n) is 15.5. The lowest BCUT2D eigenvalue weighted by Gasteiger charge is -2.47. The fraction of sp³-hybridized carbons (Fsp3) is 0.667. The van der Waals surface area contributed by atoms with E-state index < -0.39 is 17.4 Å². The Morgan fingerprint density at radius 3 is 1.51 bits per heavy atom. The summed E-state index contributed by atoms with van der Waals surface area (Å²) in [4.78, 5) is 2.38. The van der Waals surface area contributed by atoms with Crippen molar-refractivity contribution in [3.63, 3.8) is 0 Å². The minimum Gasteiger partial charge on any atom is -0.367 e. The van der Waals surface area contributed by atoms with Crippen molar-refractivity contribution in [2.75, 3.05) is 0 Å². The third kappa shape index (κ3) is 8.88. The van der Waals surface area contributed by atoms with E-state index in [0.29, 0.717) is 0 Å². The Bertz CT molecular complexity index is 2100. The highest BCUT2D eigenvalue weighted by Crippen LogP contribution is 2.63. The van der Waals surface area contributed by atoms with Gasteiger partial charge in [-0.05, 0) is 146 Å². The van der Waals surface area contributed by atoms with Crippen molar-refractivity contribution < 1.29 is 42.6 Å². The highest BCUT2D eigenvalue weighted by atomic mass is 32.2. The SMILES string of the molecule is C.C/C=C1/[C@@H]2O[C@H](C)[C@@]1(CC)[C@H]1OC(C)(C)O[C@@H]21.CCC1(C)C(C)O[C@@H](C#CSc2ccccc2)[C@@H]2OC(C)(C)O[C@@H]21.CC[C@]12/C(=C/Sc3ccccc3)[C@H](O[C@@H]1C)[C@@H]1OC(C)(C)O[C@@H]12. The Morgan fingerprint density at radius 1 is 0.554 bits per heavy atom. The molecule has 0 spiro atoms. The quantitative estimate of drug-likeness (QED) is 0.158. The first-order chi connectivity index (χ1) is 30.3. The maximum Gasteiger partial charge on any atom is 0.163 e. The first kappa shape index (κ1) is 50.7. The van der Waals surface area contributed by atoms with Gasteiger partial charge in [0.2, 0.25) is 0 Å². The molecule has 0 amide bonds. The molecule has 4 bridgehead atoms. The number of thioether (sulfide) groups is 2. The average Bonchev–Trinajstić information content (AvgIpc) is 4.09. The summed E-state index contributed by atoms with van der Waals surface area (Å²) in [6.07, 6.45) is 5.76. The Morgan fingerprint density at radius 2 is 1.02 bits per heavy atom. The fourth-order valence-corrected chi connectivity index (χ4v) is 13.5. The summed E-state index contributed by atoms with van der Waals surface area (Å²) in [5.74, 6) is 1.68. The van der Waals surface area contributed by atoms with Crippen LogP contribution in [0.3, 0.4) is 0 Å². The fourth-order valence-electron chi connectivity index (χ4n) is 12.0. The molecule has 6 saturated heterocycles. The number of fused-ring (bicyclic) bond motifs is 11. The normalized spacial score (nSPS) is 42.7. The molecule has 11 heteroatoms. The summed E-state index contributed by atoms with van der Waals surface area (Å²) < 4.78 is 55.7. The van der Waals surface area contributed by atoms with Crippen molar-refractivity contribution in [2.24, 2.45) is 16.2 Å². The number of hydrogen-bond acceptors (Lipinski definition) is 11. The van der Waals surface area contributed by atoms with Gasteiger partial charge < -0.3 is 42.6 Å². The van der Waals surface area contributed by atoms with E-state index in [4.69, 9.17) is 42.6 Å². The third-order valence-corrected chi connectivity index (χ3v) is 17.1. The lowest BCUT2D eigenvalue weighted by Crippen LogP contribution is -2.57. The van der Waals surface area contributed by atoms with Gasteiger partial charge in [0.1, 0.15) is 48.8 Å². The molecule has 9 nitrogen and oxygen atoms in total. The van der Waals surface area contributed by atoms with Crippen molar-refractivity contribution in [1.82, 2.24) is 0 Å². The number of ether oxygens (including phenoxy) is 9. The molecule has 6 heterocycles. The van der Waals surface area contributed by atoms with Crippen LogP contribution < -0.4 is 0 Å². The standard InChI is InChI=1S/C20H26O3S.C19H24O3S.C14H22O3.CH4/c1-6-20(5)14(2)21-16(17-18(20)23-19(3,4)22-17)12-13-24-15-10-8-7-9-11-15;1-5-19-12(2)20-15(16-17(19)22-18(3,4)21-16)14(19)11-23-13-9-7-6-8-10-13;1-6-9-10-11-12(17-13(4,5)16-11)14(9,7-2)8(3)15-10;/h7-11,14,16-18H,6H2,1-5H3;6-12,15-17H,5H2,1-4H3;6,8,10-12H,7H2,1-5H3;1H4/b;14-11+;9-6-;/t14?,16-,17-,18-,20?;12-,15+,16+,17+,19-;8-,10+,11+,12+,14-;/m011./s1. The van der Waals surface area contributed by atoms with Gasteiger partial charge in [0.15, 0.2) is 17.4 Å². The molecule has 8 aliphatic rings. The van der Waals surface area contributed by atoms with Crippen molar-refractivity contribution in [3.8, 4) is 11.2 Å². The number of allylic oxidation sites excluding steroid dienone is 1. The van der Waals surface area contributed by atoms with E-state index in [-0.39, 0.29) is 96.9 Å². The predicted octanol–water partition coefficient (Wildman–Crippen LogP) is 12.1. The van der Waals surface area contributed by atoms with Gasteiger partial charge in [-0.15, -0.1) is 0 Å². The summed E-state index contributed by atoms with van der Waals surface area (Å²) in [5.41, 5.74) is 2.64.